The second-order valence-electron chi connectivity index (χ2n) is 4.73. The van der Waals surface area contributed by atoms with Gasteiger partial charge >= 0.3 is 0 Å². The van der Waals surface area contributed by atoms with Crippen molar-refractivity contribution < 1.29 is 8.78 Å². The Morgan fingerprint density at radius 2 is 1.90 bits per heavy atom. The van der Waals surface area contributed by atoms with Gasteiger partial charge in [0.2, 0.25) is 0 Å². The predicted octanol–water partition coefficient (Wildman–Crippen LogP) is 4.93. The van der Waals surface area contributed by atoms with Crippen molar-refractivity contribution in [2.24, 2.45) is 0 Å². The molecule has 0 bridgehead atoms. The molecule has 0 radical (unpaired) electrons. The summed E-state index contributed by atoms with van der Waals surface area (Å²) in [7, 11) is 0. The zero-order chi connectivity index (χ0) is 14.1. The fraction of sp³-hybridized carbons (Fsp3) is 0.188. The van der Waals surface area contributed by atoms with Crippen LogP contribution in [0.2, 0.25) is 0 Å². The van der Waals surface area contributed by atoms with Crippen LogP contribution in [-0.2, 0) is 0 Å². The number of hydrogen-bond acceptors (Lipinski definition) is 1. The average Bonchev–Trinajstić information content (AvgIpc) is 2.86. The lowest BCUT2D eigenvalue weighted by Gasteiger charge is -2.19. The van der Waals surface area contributed by atoms with Crippen molar-refractivity contribution in [1.29, 1.82) is 0 Å². The monoisotopic (exact) mass is 400 g/mol. The topological polar surface area (TPSA) is 17.8 Å². The highest BCUT2D eigenvalue weighted by atomic mass is 127. The van der Waals surface area contributed by atoms with Crippen LogP contribution in [-0.4, -0.2) is 9.55 Å². The lowest BCUT2D eigenvalue weighted by molar-refractivity contribution is 0.516. The first-order valence-electron chi connectivity index (χ1n) is 6.57. The van der Waals surface area contributed by atoms with Gasteiger partial charge in [-0.15, -0.1) is 24.0 Å². The number of imidazole rings is 1. The van der Waals surface area contributed by atoms with Gasteiger partial charge in [-0.3, -0.25) is 0 Å². The SMILES string of the molecule is CCC(c1ccc(F)cc1F)n1cnc2ccccc21.I. The maximum absolute atomic E-state index is 14.0. The molecule has 3 rings (SSSR count). The number of halogens is 3. The zero-order valence-electron chi connectivity index (χ0n) is 11.5. The van der Waals surface area contributed by atoms with E-state index in [4.69, 9.17) is 0 Å². The van der Waals surface area contributed by atoms with Crippen LogP contribution in [0, 0.1) is 11.6 Å². The highest BCUT2D eigenvalue weighted by Gasteiger charge is 2.18. The van der Waals surface area contributed by atoms with E-state index in [2.05, 4.69) is 4.98 Å². The fourth-order valence-electron chi connectivity index (χ4n) is 2.56. The standard InChI is InChI=1S/C16H14F2N2.HI/c1-2-15(12-8-7-11(17)9-13(12)18)20-10-19-14-5-3-4-6-16(14)20;/h3-10,15H,2H2,1H3;1H. The molecule has 0 aliphatic heterocycles. The lowest BCUT2D eigenvalue weighted by Crippen LogP contribution is -2.10. The van der Waals surface area contributed by atoms with E-state index in [1.807, 2.05) is 35.8 Å². The van der Waals surface area contributed by atoms with E-state index in [0.717, 1.165) is 17.1 Å². The van der Waals surface area contributed by atoms with Crippen LogP contribution in [0.15, 0.2) is 48.8 Å². The molecule has 1 heterocycles. The highest BCUT2D eigenvalue weighted by molar-refractivity contribution is 14.0. The van der Waals surface area contributed by atoms with Gasteiger partial charge in [0.15, 0.2) is 0 Å². The van der Waals surface area contributed by atoms with Crippen molar-refractivity contribution >= 4 is 35.0 Å². The molecule has 0 N–H and O–H groups in total. The first kappa shape index (κ1) is 15.9. The van der Waals surface area contributed by atoms with E-state index in [1.165, 1.54) is 12.1 Å². The smallest absolute Gasteiger partial charge is 0.131 e. The van der Waals surface area contributed by atoms with Crippen molar-refractivity contribution in [3.63, 3.8) is 0 Å². The van der Waals surface area contributed by atoms with Crippen molar-refractivity contribution in [3.05, 3.63) is 66.0 Å². The van der Waals surface area contributed by atoms with Gasteiger partial charge in [-0.25, -0.2) is 13.8 Å². The minimum Gasteiger partial charge on any atom is -0.323 e. The summed E-state index contributed by atoms with van der Waals surface area (Å²) in [5.74, 6) is -1.08. The van der Waals surface area contributed by atoms with Crippen LogP contribution in [0.3, 0.4) is 0 Å². The molecule has 0 spiro atoms. The molecule has 0 saturated carbocycles. The second-order valence-corrected chi connectivity index (χ2v) is 4.73. The summed E-state index contributed by atoms with van der Waals surface area (Å²) in [4.78, 5) is 4.33. The summed E-state index contributed by atoms with van der Waals surface area (Å²) in [5.41, 5.74) is 2.30. The summed E-state index contributed by atoms with van der Waals surface area (Å²) in [6, 6.07) is 11.2. The molecular weight excluding hydrogens is 385 g/mol. The van der Waals surface area contributed by atoms with Gasteiger partial charge in [0.05, 0.1) is 23.4 Å². The molecule has 0 amide bonds. The minimum atomic E-state index is -0.559. The van der Waals surface area contributed by atoms with E-state index in [-0.39, 0.29) is 30.0 Å². The second kappa shape index (κ2) is 6.51. The van der Waals surface area contributed by atoms with Gasteiger partial charge < -0.3 is 4.57 Å². The van der Waals surface area contributed by atoms with Crippen molar-refractivity contribution in [2.45, 2.75) is 19.4 Å². The number of fused-ring (bicyclic) bond motifs is 1. The Balaban J connectivity index is 0.00000161. The van der Waals surface area contributed by atoms with Crippen LogP contribution >= 0.6 is 24.0 Å². The Morgan fingerprint density at radius 3 is 2.62 bits per heavy atom. The summed E-state index contributed by atoms with van der Waals surface area (Å²) >= 11 is 0. The Hall–Kier alpha value is -1.50. The van der Waals surface area contributed by atoms with Gasteiger partial charge in [0.25, 0.3) is 0 Å². The Bertz CT molecular complexity index is 755. The van der Waals surface area contributed by atoms with Crippen molar-refractivity contribution in [3.8, 4) is 0 Å². The molecule has 2 nitrogen and oxygen atoms in total. The van der Waals surface area contributed by atoms with Gasteiger partial charge in [-0.2, -0.15) is 0 Å². The minimum absolute atomic E-state index is 0. The van der Waals surface area contributed by atoms with E-state index >= 15 is 0 Å². The number of nitrogens with zero attached hydrogens (tertiary/aromatic N) is 2. The quantitative estimate of drug-likeness (QED) is 0.570. The summed E-state index contributed by atoms with van der Waals surface area (Å²) in [6.45, 7) is 1.97. The van der Waals surface area contributed by atoms with E-state index in [9.17, 15) is 8.78 Å². The molecule has 21 heavy (non-hydrogen) atoms. The van der Waals surface area contributed by atoms with Gasteiger partial charge in [-0.1, -0.05) is 25.1 Å². The molecule has 1 unspecified atom stereocenters. The van der Waals surface area contributed by atoms with Crippen LogP contribution < -0.4 is 0 Å². The summed E-state index contributed by atoms with van der Waals surface area (Å²) in [6.07, 6.45) is 2.41. The Kier molecular flexibility index (Phi) is 4.92. The first-order valence-corrected chi connectivity index (χ1v) is 6.57. The number of hydrogen-bond donors (Lipinski definition) is 0. The maximum atomic E-state index is 14.0. The maximum Gasteiger partial charge on any atom is 0.131 e. The third-order valence-corrected chi connectivity index (χ3v) is 3.53. The highest BCUT2D eigenvalue weighted by Crippen LogP contribution is 2.28. The van der Waals surface area contributed by atoms with E-state index < -0.39 is 11.6 Å². The average molecular weight is 400 g/mol. The molecule has 110 valence electrons. The van der Waals surface area contributed by atoms with E-state index in [1.54, 1.807) is 6.33 Å². The molecule has 2 aromatic carbocycles. The number of benzene rings is 2. The van der Waals surface area contributed by atoms with Crippen LogP contribution in [0.5, 0.6) is 0 Å². The fourth-order valence-corrected chi connectivity index (χ4v) is 2.56. The van der Waals surface area contributed by atoms with Crippen LogP contribution in [0.1, 0.15) is 24.9 Å². The van der Waals surface area contributed by atoms with E-state index in [0.29, 0.717) is 12.0 Å². The first-order chi connectivity index (χ1) is 9.70. The molecule has 1 atom stereocenters. The number of aromatic nitrogens is 2. The molecule has 3 aromatic rings. The van der Waals surface area contributed by atoms with Gasteiger partial charge in [-0.05, 0) is 24.6 Å². The number of para-hydroxylation sites is 2. The molecule has 0 aliphatic rings. The molecule has 1 aromatic heterocycles. The molecule has 5 heteroatoms. The third kappa shape index (κ3) is 2.92. The van der Waals surface area contributed by atoms with Crippen molar-refractivity contribution in [2.75, 3.05) is 0 Å². The zero-order valence-corrected chi connectivity index (χ0v) is 13.8. The summed E-state index contributed by atoms with van der Waals surface area (Å²) in [5, 5.41) is 0. The van der Waals surface area contributed by atoms with Crippen molar-refractivity contribution in [1.82, 2.24) is 9.55 Å². The van der Waals surface area contributed by atoms with Crippen LogP contribution in [0.25, 0.3) is 11.0 Å². The van der Waals surface area contributed by atoms with Crippen LogP contribution in [0.4, 0.5) is 8.78 Å². The third-order valence-electron chi connectivity index (χ3n) is 3.53. The normalized spacial score (nSPS) is 12.1. The molecule has 0 aliphatic carbocycles. The lowest BCUT2D eigenvalue weighted by atomic mass is 10.0. The number of rotatable bonds is 3. The summed E-state index contributed by atoms with van der Waals surface area (Å²) < 4.78 is 29.0. The Morgan fingerprint density at radius 1 is 1.14 bits per heavy atom. The largest absolute Gasteiger partial charge is 0.323 e. The van der Waals surface area contributed by atoms with Gasteiger partial charge in [0.1, 0.15) is 11.6 Å². The molecule has 0 saturated heterocycles. The Labute approximate surface area is 138 Å². The van der Waals surface area contributed by atoms with Gasteiger partial charge in [0, 0.05) is 11.6 Å². The molecular formula is C16H15F2IN2. The molecule has 0 fully saturated rings. The predicted molar refractivity (Wildman–Crippen MR) is 89.9 cm³/mol.